The van der Waals surface area contributed by atoms with Crippen molar-refractivity contribution in [2.45, 2.75) is 0 Å². The van der Waals surface area contributed by atoms with Gasteiger partial charge in [0, 0.05) is 15.4 Å². The average Bonchev–Trinajstić information content (AvgIpc) is 3.11. The summed E-state index contributed by atoms with van der Waals surface area (Å²) in [5, 5.41) is 0.582. The highest BCUT2D eigenvalue weighted by Gasteiger charge is 2.18. The smallest absolute Gasteiger partial charge is 0.351 e. The molecule has 1 N–H and O–H groups in total. The fourth-order valence-electron chi connectivity index (χ4n) is 3.39. The molecular weight excluding hydrogens is 426 g/mol. The third-order valence-electron chi connectivity index (χ3n) is 4.66. The molecule has 0 saturated heterocycles. The molecule has 0 aliphatic rings. The van der Waals surface area contributed by atoms with Gasteiger partial charge in [-0.1, -0.05) is 15.9 Å². The summed E-state index contributed by atoms with van der Waals surface area (Å²) in [6, 6.07) is 12.7. The van der Waals surface area contributed by atoms with Crippen LogP contribution in [0.4, 0.5) is 0 Å². The second-order valence-electron chi connectivity index (χ2n) is 6.24. The number of benzene rings is 2. The van der Waals surface area contributed by atoms with Crippen LogP contribution < -0.4 is 15.9 Å². The van der Waals surface area contributed by atoms with Crippen molar-refractivity contribution in [3.8, 4) is 17.0 Å². The first kappa shape index (κ1) is 16.8. The Balaban J connectivity index is 2.01. The highest BCUT2D eigenvalue weighted by Crippen LogP contribution is 2.29. The van der Waals surface area contributed by atoms with Gasteiger partial charge in [0.2, 0.25) is 5.78 Å². The van der Waals surface area contributed by atoms with Crippen LogP contribution in [0.3, 0.4) is 0 Å². The molecule has 3 aromatic heterocycles. The molecule has 0 atom stereocenters. The van der Waals surface area contributed by atoms with Gasteiger partial charge in [-0.2, -0.15) is 0 Å². The van der Waals surface area contributed by atoms with Gasteiger partial charge in [-0.15, -0.1) is 0 Å². The molecule has 0 fully saturated rings. The molecule has 0 aliphatic carbocycles. The summed E-state index contributed by atoms with van der Waals surface area (Å²) in [4.78, 5) is 32.1. The average molecular weight is 438 g/mol. The standard InChI is InChI=1S/C20H12BrN3O4/c1-27-12-5-2-10(3-6-12)14-9-22-20-23-18(25)16-17(24(14)20)13-8-11(21)4-7-15(13)28-19(16)26/h2-9H,1H3,(H,22,23,25). The van der Waals surface area contributed by atoms with Crippen molar-refractivity contribution < 1.29 is 9.15 Å². The van der Waals surface area contributed by atoms with E-state index in [1.54, 1.807) is 29.8 Å². The van der Waals surface area contributed by atoms with Crippen molar-refractivity contribution in [1.82, 2.24) is 14.4 Å². The maximum atomic E-state index is 12.6. The lowest BCUT2D eigenvalue weighted by molar-refractivity contribution is 0.415. The molecular formula is C20H12BrN3O4. The van der Waals surface area contributed by atoms with Gasteiger partial charge in [-0.05, 0) is 42.5 Å². The van der Waals surface area contributed by atoms with Gasteiger partial charge in [0.05, 0.1) is 24.5 Å². The van der Waals surface area contributed by atoms with E-state index in [-0.39, 0.29) is 5.39 Å². The minimum Gasteiger partial charge on any atom is -0.497 e. The molecule has 0 radical (unpaired) electrons. The maximum absolute atomic E-state index is 12.6. The van der Waals surface area contributed by atoms with Crippen molar-refractivity contribution in [1.29, 1.82) is 0 Å². The SMILES string of the molecule is COc1ccc(-c2cnc3[nH]c(=O)c4c(=O)oc5ccc(Br)cc5c4n23)cc1. The van der Waals surface area contributed by atoms with Crippen LogP contribution in [-0.2, 0) is 0 Å². The van der Waals surface area contributed by atoms with E-state index in [1.807, 2.05) is 30.3 Å². The van der Waals surface area contributed by atoms with Gasteiger partial charge >= 0.3 is 5.63 Å². The van der Waals surface area contributed by atoms with Crippen LogP contribution in [0.2, 0.25) is 0 Å². The van der Waals surface area contributed by atoms with Gasteiger partial charge in [-0.25, -0.2) is 9.78 Å². The van der Waals surface area contributed by atoms with E-state index in [4.69, 9.17) is 9.15 Å². The van der Waals surface area contributed by atoms with Crippen LogP contribution >= 0.6 is 15.9 Å². The molecule has 138 valence electrons. The van der Waals surface area contributed by atoms with Crippen molar-refractivity contribution in [2.75, 3.05) is 7.11 Å². The molecule has 3 heterocycles. The third-order valence-corrected chi connectivity index (χ3v) is 5.16. The second kappa shape index (κ2) is 6.07. The van der Waals surface area contributed by atoms with E-state index < -0.39 is 11.2 Å². The van der Waals surface area contributed by atoms with Gasteiger partial charge < -0.3 is 9.15 Å². The number of imidazole rings is 1. The fraction of sp³-hybridized carbons (Fsp3) is 0.0500. The first-order valence-electron chi connectivity index (χ1n) is 8.37. The number of nitrogens with one attached hydrogen (secondary N) is 1. The first-order valence-corrected chi connectivity index (χ1v) is 9.16. The number of halogens is 1. The van der Waals surface area contributed by atoms with Crippen molar-refractivity contribution in [3.63, 3.8) is 0 Å². The zero-order chi connectivity index (χ0) is 19.4. The summed E-state index contributed by atoms with van der Waals surface area (Å²) in [5.74, 6) is 1.07. The van der Waals surface area contributed by atoms with Gasteiger partial charge in [-0.3, -0.25) is 14.2 Å². The van der Waals surface area contributed by atoms with Crippen molar-refractivity contribution in [2.24, 2.45) is 0 Å². The predicted molar refractivity (Wildman–Crippen MR) is 109 cm³/mol. The monoisotopic (exact) mass is 437 g/mol. The molecule has 8 heteroatoms. The predicted octanol–water partition coefficient (Wildman–Crippen LogP) is 3.72. The largest absolute Gasteiger partial charge is 0.497 e. The van der Waals surface area contributed by atoms with Gasteiger partial charge in [0.25, 0.3) is 5.56 Å². The lowest BCUT2D eigenvalue weighted by Gasteiger charge is -2.09. The Morgan fingerprint density at radius 2 is 1.93 bits per heavy atom. The number of methoxy groups -OCH3 is 1. The molecule has 0 unspecified atom stereocenters. The van der Waals surface area contributed by atoms with E-state index in [0.29, 0.717) is 22.3 Å². The number of H-pyrrole nitrogens is 1. The quantitative estimate of drug-likeness (QED) is 0.335. The number of fused-ring (bicyclic) bond motifs is 5. The molecule has 0 amide bonds. The summed E-state index contributed by atoms with van der Waals surface area (Å²) in [6.45, 7) is 0. The molecule has 0 aliphatic heterocycles. The van der Waals surface area contributed by atoms with E-state index in [2.05, 4.69) is 25.9 Å². The number of ether oxygens (including phenoxy) is 1. The second-order valence-corrected chi connectivity index (χ2v) is 7.15. The lowest BCUT2D eigenvalue weighted by atomic mass is 10.1. The normalized spacial score (nSPS) is 11.5. The van der Waals surface area contributed by atoms with Crippen LogP contribution in [0.25, 0.3) is 38.9 Å². The molecule has 7 nitrogen and oxygen atoms in total. The van der Waals surface area contributed by atoms with Crippen LogP contribution in [-0.4, -0.2) is 21.5 Å². The van der Waals surface area contributed by atoms with Crippen LogP contribution in [0.1, 0.15) is 0 Å². The lowest BCUT2D eigenvalue weighted by Crippen LogP contribution is -2.18. The summed E-state index contributed by atoms with van der Waals surface area (Å²) >= 11 is 3.44. The zero-order valence-corrected chi connectivity index (χ0v) is 16.1. The first-order chi connectivity index (χ1) is 13.6. The molecule has 5 rings (SSSR count). The third kappa shape index (κ3) is 2.38. The fourth-order valence-corrected chi connectivity index (χ4v) is 3.75. The summed E-state index contributed by atoms with van der Waals surface area (Å²) in [6.07, 6.45) is 1.66. The Morgan fingerprint density at radius 3 is 2.68 bits per heavy atom. The maximum Gasteiger partial charge on any atom is 0.351 e. The zero-order valence-electron chi connectivity index (χ0n) is 14.5. The van der Waals surface area contributed by atoms with Crippen molar-refractivity contribution >= 4 is 43.6 Å². The summed E-state index contributed by atoms with van der Waals surface area (Å²) < 4.78 is 13.2. The van der Waals surface area contributed by atoms with Gasteiger partial charge in [0.1, 0.15) is 16.7 Å². The molecule has 2 aromatic carbocycles. The van der Waals surface area contributed by atoms with Gasteiger partial charge in [0.15, 0.2) is 0 Å². The minimum absolute atomic E-state index is 0.0501. The van der Waals surface area contributed by atoms with Crippen LogP contribution in [0.15, 0.2) is 67.1 Å². The molecule has 28 heavy (non-hydrogen) atoms. The number of aromatic amines is 1. The number of hydrogen-bond donors (Lipinski definition) is 1. The molecule has 0 saturated carbocycles. The minimum atomic E-state index is -0.692. The Hall–Kier alpha value is -3.39. The van der Waals surface area contributed by atoms with E-state index in [1.165, 1.54) is 0 Å². The molecule has 5 aromatic rings. The molecule has 0 spiro atoms. The topological polar surface area (TPSA) is 89.6 Å². The Bertz CT molecular complexity index is 1500. The summed E-state index contributed by atoms with van der Waals surface area (Å²) in [5.41, 5.74) is 1.20. The van der Waals surface area contributed by atoms with E-state index in [0.717, 1.165) is 21.5 Å². The van der Waals surface area contributed by atoms with Crippen molar-refractivity contribution in [3.05, 3.63) is 73.9 Å². The van der Waals surface area contributed by atoms with Crippen LogP contribution in [0, 0.1) is 0 Å². The highest BCUT2D eigenvalue weighted by atomic mass is 79.9. The van der Waals surface area contributed by atoms with Crippen LogP contribution in [0.5, 0.6) is 5.75 Å². The van der Waals surface area contributed by atoms with E-state index >= 15 is 0 Å². The number of nitrogens with zero attached hydrogens (tertiary/aromatic N) is 2. The number of hydrogen-bond acceptors (Lipinski definition) is 5. The Labute approximate surface area is 165 Å². The highest BCUT2D eigenvalue weighted by molar-refractivity contribution is 9.10. The summed E-state index contributed by atoms with van der Waals surface area (Å²) in [7, 11) is 1.60. The number of rotatable bonds is 2. The van der Waals surface area contributed by atoms with E-state index in [9.17, 15) is 9.59 Å². The number of aromatic nitrogens is 3. The Morgan fingerprint density at radius 1 is 1.14 bits per heavy atom. The Kier molecular flexibility index (Phi) is 3.63. The molecule has 0 bridgehead atoms.